The number of benzene rings is 1. The molecule has 1 aliphatic heterocycles. The van der Waals surface area contributed by atoms with E-state index in [2.05, 4.69) is 27.0 Å². The minimum atomic E-state index is -0.946. The van der Waals surface area contributed by atoms with Crippen molar-refractivity contribution in [1.82, 2.24) is 4.98 Å². The molecule has 0 saturated carbocycles. The Bertz CT molecular complexity index is 658. The van der Waals surface area contributed by atoms with Crippen molar-refractivity contribution in [2.45, 2.75) is 13.1 Å². The highest BCUT2D eigenvalue weighted by molar-refractivity contribution is 9.10. The summed E-state index contributed by atoms with van der Waals surface area (Å²) in [6.07, 6.45) is 1.62. The van der Waals surface area contributed by atoms with Gasteiger partial charge in [-0.25, -0.2) is 9.78 Å². The molecule has 1 N–H and O–H groups in total. The van der Waals surface area contributed by atoms with E-state index in [-0.39, 0.29) is 5.56 Å². The van der Waals surface area contributed by atoms with Gasteiger partial charge in [-0.15, -0.1) is 0 Å². The molecule has 0 spiro atoms. The van der Waals surface area contributed by atoms with Crippen molar-refractivity contribution in [3.8, 4) is 0 Å². The number of hydrogen-bond acceptors (Lipinski definition) is 3. The number of nitrogens with zero attached hydrogens (tertiary/aromatic N) is 2. The maximum Gasteiger partial charge on any atom is 0.339 e. The van der Waals surface area contributed by atoms with Crippen molar-refractivity contribution in [2.24, 2.45) is 0 Å². The number of halogens is 1. The van der Waals surface area contributed by atoms with Crippen LogP contribution >= 0.6 is 15.9 Å². The molecule has 0 bridgehead atoms. The highest BCUT2D eigenvalue weighted by atomic mass is 79.9. The smallest absolute Gasteiger partial charge is 0.339 e. The van der Waals surface area contributed by atoms with E-state index in [0.717, 1.165) is 4.47 Å². The van der Waals surface area contributed by atoms with E-state index in [1.54, 1.807) is 18.3 Å². The molecule has 1 aromatic carbocycles. The molecule has 1 aromatic heterocycles. The Labute approximate surface area is 118 Å². The van der Waals surface area contributed by atoms with Crippen LogP contribution in [0.1, 0.15) is 21.5 Å². The van der Waals surface area contributed by atoms with Gasteiger partial charge in [-0.3, -0.25) is 0 Å². The molecule has 2 heterocycles. The second kappa shape index (κ2) is 4.66. The second-order valence-corrected chi connectivity index (χ2v) is 5.27. The lowest BCUT2D eigenvalue weighted by atomic mass is 10.1. The summed E-state index contributed by atoms with van der Waals surface area (Å²) in [7, 11) is 0. The quantitative estimate of drug-likeness (QED) is 0.924. The van der Waals surface area contributed by atoms with Crippen LogP contribution in [-0.4, -0.2) is 16.1 Å². The average molecular weight is 319 g/mol. The summed E-state index contributed by atoms with van der Waals surface area (Å²) in [5, 5.41) is 9.22. The first-order valence-electron chi connectivity index (χ1n) is 5.86. The first-order valence-corrected chi connectivity index (χ1v) is 6.65. The molecule has 0 aliphatic carbocycles. The molecule has 4 nitrogen and oxygen atoms in total. The predicted molar refractivity (Wildman–Crippen MR) is 75.2 cm³/mol. The Morgan fingerprint density at radius 2 is 2.11 bits per heavy atom. The number of hydrogen-bond donors (Lipinski definition) is 1. The summed E-state index contributed by atoms with van der Waals surface area (Å²) >= 11 is 3.53. The molecule has 0 radical (unpaired) electrons. The van der Waals surface area contributed by atoms with Crippen LogP contribution in [0.4, 0.5) is 5.82 Å². The fraction of sp³-hybridized carbons (Fsp3) is 0.143. The topological polar surface area (TPSA) is 53.4 Å². The third-order valence-electron chi connectivity index (χ3n) is 3.24. The van der Waals surface area contributed by atoms with Gasteiger partial charge in [0.05, 0.1) is 0 Å². The van der Waals surface area contributed by atoms with Gasteiger partial charge >= 0.3 is 5.97 Å². The van der Waals surface area contributed by atoms with E-state index in [4.69, 9.17) is 0 Å². The van der Waals surface area contributed by atoms with Gasteiger partial charge in [0.25, 0.3) is 0 Å². The first-order chi connectivity index (χ1) is 9.16. The normalized spacial score (nSPS) is 13.4. The second-order valence-electron chi connectivity index (χ2n) is 4.41. The summed E-state index contributed by atoms with van der Waals surface area (Å²) in [6, 6.07) is 9.28. The van der Waals surface area contributed by atoms with Crippen molar-refractivity contribution >= 4 is 27.7 Å². The lowest BCUT2D eigenvalue weighted by Gasteiger charge is -2.18. The number of carboxylic acid groups (broad SMARTS) is 1. The third-order valence-corrected chi connectivity index (χ3v) is 3.99. The molecule has 0 fully saturated rings. The number of aromatic nitrogens is 1. The molecular formula is C14H11BrN2O2. The Balaban J connectivity index is 2.00. The summed E-state index contributed by atoms with van der Waals surface area (Å²) in [4.78, 5) is 17.5. The van der Waals surface area contributed by atoms with Crippen LogP contribution < -0.4 is 4.90 Å². The zero-order valence-electron chi connectivity index (χ0n) is 10.0. The predicted octanol–water partition coefficient (Wildman–Crippen LogP) is 3.06. The van der Waals surface area contributed by atoms with E-state index in [1.165, 1.54) is 11.1 Å². The molecule has 5 heteroatoms. The lowest BCUT2D eigenvalue weighted by molar-refractivity contribution is 0.0697. The van der Waals surface area contributed by atoms with Crippen LogP contribution in [0.5, 0.6) is 0 Å². The Morgan fingerprint density at radius 3 is 2.84 bits per heavy atom. The van der Waals surface area contributed by atoms with E-state index in [1.807, 2.05) is 17.0 Å². The fourth-order valence-electron chi connectivity index (χ4n) is 2.35. The van der Waals surface area contributed by atoms with Gasteiger partial charge in [-0.05, 0) is 29.3 Å². The number of pyridine rings is 1. The number of carboxylic acids is 1. The number of rotatable bonds is 2. The zero-order chi connectivity index (χ0) is 13.4. The lowest BCUT2D eigenvalue weighted by Crippen LogP contribution is -2.19. The summed E-state index contributed by atoms with van der Waals surface area (Å²) < 4.78 is 1.06. The standard InChI is InChI=1S/C14H11BrN2O2/c15-12-5-1-3-9-7-17(8-11(9)12)13-10(14(18)19)4-2-6-16-13/h1-6H,7-8H2,(H,18,19). The number of aromatic carboxylic acids is 1. The fourth-order valence-corrected chi connectivity index (χ4v) is 2.88. The Kier molecular flexibility index (Phi) is 2.98. The number of carbonyl (C=O) groups is 1. The molecule has 19 heavy (non-hydrogen) atoms. The monoisotopic (exact) mass is 318 g/mol. The van der Waals surface area contributed by atoms with Gasteiger partial charge < -0.3 is 10.0 Å². The molecule has 0 saturated heterocycles. The molecule has 1 aliphatic rings. The van der Waals surface area contributed by atoms with Gasteiger partial charge in [-0.1, -0.05) is 28.1 Å². The molecule has 2 aromatic rings. The van der Waals surface area contributed by atoms with Gasteiger partial charge in [0.2, 0.25) is 0 Å². The van der Waals surface area contributed by atoms with Crippen LogP contribution in [0.15, 0.2) is 41.0 Å². The van der Waals surface area contributed by atoms with Gasteiger partial charge in [0.1, 0.15) is 11.4 Å². The zero-order valence-corrected chi connectivity index (χ0v) is 11.6. The van der Waals surface area contributed by atoms with Crippen molar-refractivity contribution in [2.75, 3.05) is 4.90 Å². The van der Waals surface area contributed by atoms with Crippen molar-refractivity contribution in [3.63, 3.8) is 0 Å². The highest BCUT2D eigenvalue weighted by Gasteiger charge is 2.25. The average Bonchev–Trinajstić information content (AvgIpc) is 2.84. The van der Waals surface area contributed by atoms with Gasteiger partial charge in [-0.2, -0.15) is 0 Å². The van der Waals surface area contributed by atoms with Crippen LogP contribution in [-0.2, 0) is 13.1 Å². The van der Waals surface area contributed by atoms with Gasteiger partial charge in [0, 0.05) is 23.8 Å². The third kappa shape index (κ3) is 2.10. The summed E-state index contributed by atoms with van der Waals surface area (Å²) in [5.41, 5.74) is 2.65. The Hall–Kier alpha value is -1.88. The summed E-state index contributed by atoms with van der Waals surface area (Å²) in [5.74, 6) is -0.420. The maximum atomic E-state index is 11.2. The van der Waals surface area contributed by atoms with E-state index >= 15 is 0 Å². The van der Waals surface area contributed by atoms with E-state index in [0.29, 0.717) is 18.9 Å². The van der Waals surface area contributed by atoms with E-state index in [9.17, 15) is 9.90 Å². The number of fused-ring (bicyclic) bond motifs is 1. The molecule has 3 rings (SSSR count). The summed E-state index contributed by atoms with van der Waals surface area (Å²) in [6.45, 7) is 1.36. The number of anilines is 1. The maximum absolute atomic E-state index is 11.2. The van der Waals surface area contributed by atoms with Crippen molar-refractivity contribution < 1.29 is 9.90 Å². The van der Waals surface area contributed by atoms with Crippen molar-refractivity contribution in [3.05, 3.63) is 57.7 Å². The Morgan fingerprint density at radius 1 is 1.26 bits per heavy atom. The SMILES string of the molecule is O=C(O)c1cccnc1N1Cc2cccc(Br)c2C1. The largest absolute Gasteiger partial charge is 0.478 e. The van der Waals surface area contributed by atoms with Crippen LogP contribution in [0.2, 0.25) is 0 Å². The molecule has 0 amide bonds. The van der Waals surface area contributed by atoms with E-state index < -0.39 is 5.97 Å². The van der Waals surface area contributed by atoms with Crippen molar-refractivity contribution in [1.29, 1.82) is 0 Å². The highest BCUT2D eigenvalue weighted by Crippen LogP contribution is 2.33. The van der Waals surface area contributed by atoms with Crippen LogP contribution in [0, 0.1) is 0 Å². The molecular weight excluding hydrogens is 308 g/mol. The van der Waals surface area contributed by atoms with Gasteiger partial charge in [0.15, 0.2) is 0 Å². The first kappa shape index (κ1) is 12.2. The molecule has 0 atom stereocenters. The van der Waals surface area contributed by atoms with Crippen LogP contribution in [0.25, 0.3) is 0 Å². The minimum Gasteiger partial charge on any atom is -0.478 e. The molecule has 0 unspecified atom stereocenters. The molecule has 96 valence electrons. The minimum absolute atomic E-state index is 0.242. The van der Waals surface area contributed by atoms with Crippen LogP contribution in [0.3, 0.4) is 0 Å².